The van der Waals surface area contributed by atoms with Crippen molar-refractivity contribution in [3.63, 3.8) is 0 Å². The molecule has 0 amide bonds. The maximum Gasteiger partial charge on any atom is 0.152 e. The molecule has 0 bridgehead atoms. The predicted molar refractivity (Wildman–Crippen MR) is 53.9 cm³/mol. The summed E-state index contributed by atoms with van der Waals surface area (Å²) in [4.78, 5) is 10.7. The van der Waals surface area contributed by atoms with Crippen LogP contribution in [0.4, 0.5) is 0 Å². The second-order valence-corrected chi connectivity index (χ2v) is 3.90. The number of carbonyl (C=O) groups excluding carboxylic acids is 1. The Balaban J connectivity index is 2.96. The van der Waals surface area contributed by atoms with E-state index in [1.807, 2.05) is 5.38 Å². The molecule has 0 saturated carbocycles. The first kappa shape index (κ1) is 8.53. The Hall–Kier alpha value is -1.06. The molecule has 2 nitrogen and oxygen atoms in total. The highest BCUT2D eigenvalue weighted by Gasteiger charge is 2.10. The van der Waals surface area contributed by atoms with Crippen LogP contribution < -0.4 is 0 Å². The average molecular weight is 213 g/mol. The Bertz CT molecular complexity index is 476. The van der Waals surface area contributed by atoms with E-state index in [2.05, 4.69) is 0 Å². The van der Waals surface area contributed by atoms with Gasteiger partial charge in [0.25, 0.3) is 0 Å². The molecule has 0 saturated heterocycles. The molecule has 0 unspecified atom stereocenters. The number of rotatable bonds is 1. The van der Waals surface area contributed by atoms with Gasteiger partial charge in [0.1, 0.15) is 5.75 Å². The summed E-state index contributed by atoms with van der Waals surface area (Å²) in [6.45, 7) is 0. The van der Waals surface area contributed by atoms with E-state index in [-0.39, 0.29) is 5.75 Å². The highest BCUT2D eigenvalue weighted by molar-refractivity contribution is 7.17. The second kappa shape index (κ2) is 3.01. The molecule has 1 N–H and O–H groups in total. The van der Waals surface area contributed by atoms with Gasteiger partial charge in [-0.25, -0.2) is 0 Å². The predicted octanol–water partition coefficient (Wildman–Crippen LogP) is 3.07. The fourth-order valence-electron chi connectivity index (χ4n) is 1.23. The third-order valence-corrected chi connectivity index (χ3v) is 3.08. The van der Waals surface area contributed by atoms with Crippen LogP contribution >= 0.6 is 22.9 Å². The molecule has 66 valence electrons. The molecule has 0 aliphatic heterocycles. The highest BCUT2D eigenvalue weighted by atomic mass is 35.5. The fraction of sp³-hybridized carbons (Fsp3) is 0. The van der Waals surface area contributed by atoms with Crippen molar-refractivity contribution < 1.29 is 9.90 Å². The highest BCUT2D eigenvalue weighted by Crippen LogP contribution is 2.35. The van der Waals surface area contributed by atoms with Crippen LogP contribution in [-0.2, 0) is 0 Å². The lowest BCUT2D eigenvalue weighted by atomic mass is 10.1. The number of phenols is 1. The molecule has 1 heterocycles. The van der Waals surface area contributed by atoms with Gasteiger partial charge in [-0.05, 0) is 11.4 Å². The van der Waals surface area contributed by atoms with Gasteiger partial charge in [-0.2, -0.15) is 0 Å². The van der Waals surface area contributed by atoms with Gasteiger partial charge in [0.15, 0.2) is 6.29 Å². The van der Waals surface area contributed by atoms with E-state index in [9.17, 15) is 9.90 Å². The largest absolute Gasteiger partial charge is 0.506 e. The first-order valence-electron chi connectivity index (χ1n) is 3.58. The number of halogens is 1. The normalized spacial score (nSPS) is 10.5. The summed E-state index contributed by atoms with van der Waals surface area (Å²) < 4.78 is 0.700. The van der Waals surface area contributed by atoms with Crippen LogP contribution in [0.1, 0.15) is 10.4 Å². The van der Waals surface area contributed by atoms with Gasteiger partial charge in [-0.15, -0.1) is 11.3 Å². The topological polar surface area (TPSA) is 37.3 Å². The van der Waals surface area contributed by atoms with Crippen LogP contribution in [0.5, 0.6) is 5.75 Å². The van der Waals surface area contributed by atoms with E-state index in [1.54, 1.807) is 6.07 Å². The van der Waals surface area contributed by atoms with Crippen LogP contribution in [0.2, 0.25) is 5.02 Å². The van der Waals surface area contributed by atoms with Gasteiger partial charge >= 0.3 is 0 Å². The zero-order valence-corrected chi connectivity index (χ0v) is 8.02. The fourth-order valence-corrected chi connectivity index (χ4v) is 2.31. The smallest absolute Gasteiger partial charge is 0.152 e. The Labute approximate surface area is 83.4 Å². The number of thiophene rings is 1. The third-order valence-electron chi connectivity index (χ3n) is 1.83. The zero-order chi connectivity index (χ0) is 9.42. The first-order valence-corrected chi connectivity index (χ1v) is 4.83. The van der Waals surface area contributed by atoms with Crippen molar-refractivity contribution in [3.8, 4) is 5.75 Å². The first-order chi connectivity index (χ1) is 6.24. The van der Waals surface area contributed by atoms with E-state index < -0.39 is 0 Å². The monoisotopic (exact) mass is 212 g/mol. The molecule has 2 aromatic rings. The quantitative estimate of drug-likeness (QED) is 0.738. The summed E-state index contributed by atoms with van der Waals surface area (Å²) in [7, 11) is 0. The summed E-state index contributed by atoms with van der Waals surface area (Å²) in [6, 6.07) is 3.17. The lowest BCUT2D eigenvalue weighted by molar-refractivity contribution is 0.112. The molecular weight excluding hydrogens is 208 g/mol. The molecule has 0 fully saturated rings. The van der Waals surface area contributed by atoms with Crippen LogP contribution in [0.15, 0.2) is 17.5 Å². The second-order valence-electron chi connectivity index (χ2n) is 2.57. The van der Waals surface area contributed by atoms with Gasteiger partial charge in [-0.3, -0.25) is 4.79 Å². The van der Waals surface area contributed by atoms with Crippen molar-refractivity contribution in [2.75, 3.05) is 0 Å². The number of hydrogen-bond acceptors (Lipinski definition) is 3. The maximum atomic E-state index is 10.7. The molecular formula is C9H5ClO2S. The Morgan fingerprint density at radius 1 is 1.54 bits per heavy atom. The summed E-state index contributed by atoms with van der Waals surface area (Å²) in [5.41, 5.74) is 0.440. The van der Waals surface area contributed by atoms with Gasteiger partial charge in [-0.1, -0.05) is 11.6 Å². The van der Waals surface area contributed by atoms with Crippen LogP contribution in [0.3, 0.4) is 0 Å². The molecule has 4 heteroatoms. The Kier molecular flexibility index (Phi) is 1.98. The molecule has 0 spiro atoms. The summed E-state index contributed by atoms with van der Waals surface area (Å²) >= 11 is 7.16. The van der Waals surface area contributed by atoms with E-state index in [4.69, 9.17) is 11.6 Å². The van der Waals surface area contributed by atoms with E-state index in [1.165, 1.54) is 17.4 Å². The number of aromatic hydroxyl groups is 1. The van der Waals surface area contributed by atoms with Crippen molar-refractivity contribution in [3.05, 3.63) is 28.1 Å². The molecule has 0 atom stereocenters. The number of benzene rings is 1. The SMILES string of the molecule is O=Cc1c(Cl)cc(O)c2sccc12. The number of fused-ring (bicyclic) bond motifs is 1. The Morgan fingerprint density at radius 3 is 3.00 bits per heavy atom. The van der Waals surface area contributed by atoms with Gasteiger partial charge in [0.2, 0.25) is 0 Å². The maximum absolute atomic E-state index is 10.7. The van der Waals surface area contributed by atoms with Gasteiger partial charge in [0.05, 0.1) is 9.72 Å². The molecule has 1 aromatic heterocycles. The Morgan fingerprint density at radius 2 is 2.31 bits per heavy atom. The molecule has 2 rings (SSSR count). The lowest BCUT2D eigenvalue weighted by Crippen LogP contribution is -1.82. The summed E-state index contributed by atoms with van der Waals surface area (Å²) in [6.07, 6.45) is 0.705. The van der Waals surface area contributed by atoms with E-state index in [0.29, 0.717) is 27.0 Å². The molecule has 13 heavy (non-hydrogen) atoms. The van der Waals surface area contributed by atoms with Crippen molar-refractivity contribution in [1.29, 1.82) is 0 Å². The number of carbonyl (C=O) groups is 1. The van der Waals surface area contributed by atoms with E-state index >= 15 is 0 Å². The zero-order valence-electron chi connectivity index (χ0n) is 6.45. The average Bonchev–Trinajstić information content (AvgIpc) is 2.53. The van der Waals surface area contributed by atoms with Crippen molar-refractivity contribution >= 4 is 39.3 Å². The number of aldehydes is 1. The lowest BCUT2D eigenvalue weighted by Gasteiger charge is -2.00. The molecule has 0 radical (unpaired) electrons. The van der Waals surface area contributed by atoms with Gasteiger partial charge < -0.3 is 5.11 Å². The minimum absolute atomic E-state index is 0.126. The minimum Gasteiger partial charge on any atom is -0.506 e. The van der Waals surface area contributed by atoms with Crippen molar-refractivity contribution in [2.24, 2.45) is 0 Å². The van der Waals surface area contributed by atoms with Crippen LogP contribution in [0, 0.1) is 0 Å². The summed E-state index contributed by atoms with van der Waals surface area (Å²) in [5, 5.41) is 12.3. The van der Waals surface area contributed by atoms with Crippen LogP contribution in [0.25, 0.3) is 10.1 Å². The third kappa shape index (κ3) is 1.20. The number of phenolic OH excluding ortho intramolecular Hbond substituents is 1. The summed E-state index contributed by atoms with van der Waals surface area (Å²) in [5.74, 6) is 0.126. The minimum atomic E-state index is 0.126. The number of hydrogen-bond donors (Lipinski definition) is 1. The van der Waals surface area contributed by atoms with E-state index in [0.717, 1.165) is 0 Å². The van der Waals surface area contributed by atoms with Crippen LogP contribution in [-0.4, -0.2) is 11.4 Å². The standard InChI is InChI=1S/C9H5ClO2S/c10-7-3-8(12)9-5(1-2-13-9)6(7)4-11/h1-4,12H. The molecule has 0 aliphatic carbocycles. The molecule has 1 aromatic carbocycles. The van der Waals surface area contributed by atoms with Gasteiger partial charge in [0, 0.05) is 17.0 Å². The van der Waals surface area contributed by atoms with Crippen molar-refractivity contribution in [1.82, 2.24) is 0 Å². The molecule has 0 aliphatic rings. The van der Waals surface area contributed by atoms with Crippen molar-refractivity contribution in [2.45, 2.75) is 0 Å².